The van der Waals surface area contributed by atoms with Crippen LogP contribution in [-0.2, 0) is 37.6 Å². The SMILES string of the molecule is CCOc1ccc(CC(=O)N2CCc3c(c(CCNC(=O)c4cccnc4)nn3C)C2)cc1. The molecule has 0 spiro atoms. The maximum absolute atomic E-state index is 13.0. The fraction of sp³-hybridized carbons (Fsp3) is 0.360. The molecule has 0 radical (unpaired) electrons. The molecule has 0 saturated carbocycles. The van der Waals surface area contributed by atoms with Crippen molar-refractivity contribution in [2.45, 2.75) is 32.7 Å². The number of nitrogens with one attached hydrogen (secondary N) is 1. The molecule has 172 valence electrons. The van der Waals surface area contributed by atoms with Crippen molar-refractivity contribution in [3.8, 4) is 5.75 Å². The van der Waals surface area contributed by atoms with E-state index in [1.54, 1.807) is 24.5 Å². The summed E-state index contributed by atoms with van der Waals surface area (Å²) in [7, 11) is 1.94. The van der Waals surface area contributed by atoms with E-state index in [1.807, 2.05) is 47.8 Å². The number of pyridine rings is 1. The van der Waals surface area contributed by atoms with Crippen LogP contribution in [0.1, 0.15) is 39.8 Å². The minimum Gasteiger partial charge on any atom is -0.494 e. The standard InChI is InChI=1S/C25H29N5O3/c1-3-33-20-8-6-18(7-9-20)15-24(31)30-14-11-23-21(17-30)22(28-29(23)2)10-13-27-25(32)19-5-4-12-26-16-19/h4-9,12,16H,3,10-11,13-15,17H2,1-2H3,(H,27,32). The molecule has 0 atom stereocenters. The molecule has 3 aromatic rings. The molecule has 3 heterocycles. The smallest absolute Gasteiger partial charge is 0.252 e. The highest BCUT2D eigenvalue weighted by atomic mass is 16.5. The van der Waals surface area contributed by atoms with Crippen LogP contribution in [0.15, 0.2) is 48.8 Å². The molecule has 1 N–H and O–H groups in total. The Morgan fingerprint density at radius 1 is 1.18 bits per heavy atom. The summed E-state index contributed by atoms with van der Waals surface area (Å²) >= 11 is 0. The molecule has 0 bridgehead atoms. The predicted octanol–water partition coefficient (Wildman–Crippen LogP) is 2.31. The van der Waals surface area contributed by atoms with Gasteiger partial charge in [0.05, 0.1) is 24.3 Å². The molecule has 8 heteroatoms. The number of hydrogen-bond acceptors (Lipinski definition) is 5. The maximum atomic E-state index is 13.0. The first-order valence-electron chi connectivity index (χ1n) is 11.3. The number of carbonyl (C=O) groups excluding carboxylic acids is 2. The average molecular weight is 448 g/mol. The quantitative estimate of drug-likeness (QED) is 0.572. The van der Waals surface area contributed by atoms with Crippen LogP contribution >= 0.6 is 0 Å². The van der Waals surface area contributed by atoms with Crippen LogP contribution in [-0.4, -0.2) is 51.2 Å². The van der Waals surface area contributed by atoms with E-state index >= 15 is 0 Å². The molecular weight excluding hydrogens is 418 g/mol. The fourth-order valence-electron chi connectivity index (χ4n) is 4.13. The molecule has 8 nitrogen and oxygen atoms in total. The molecule has 0 saturated heterocycles. The Bertz CT molecular complexity index is 1110. The van der Waals surface area contributed by atoms with Gasteiger partial charge in [-0.3, -0.25) is 19.3 Å². The zero-order valence-corrected chi connectivity index (χ0v) is 19.1. The number of rotatable bonds is 8. The Balaban J connectivity index is 1.36. The highest BCUT2D eigenvalue weighted by molar-refractivity contribution is 5.93. The van der Waals surface area contributed by atoms with E-state index in [0.29, 0.717) is 44.6 Å². The van der Waals surface area contributed by atoms with Gasteiger partial charge in [0, 0.05) is 63.2 Å². The van der Waals surface area contributed by atoms with Gasteiger partial charge in [0.15, 0.2) is 0 Å². The van der Waals surface area contributed by atoms with Gasteiger partial charge < -0.3 is 15.0 Å². The topological polar surface area (TPSA) is 89.3 Å². The van der Waals surface area contributed by atoms with Gasteiger partial charge in [-0.25, -0.2) is 0 Å². The van der Waals surface area contributed by atoms with Crippen LogP contribution in [0.25, 0.3) is 0 Å². The third kappa shape index (κ3) is 5.39. The molecule has 2 aromatic heterocycles. The number of benzene rings is 1. The summed E-state index contributed by atoms with van der Waals surface area (Å²) in [6, 6.07) is 11.2. The summed E-state index contributed by atoms with van der Waals surface area (Å²) in [4.78, 5) is 31.1. The molecule has 1 aromatic carbocycles. The summed E-state index contributed by atoms with van der Waals surface area (Å²) in [5, 5.41) is 7.59. The van der Waals surface area contributed by atoms with Crippen molar-refractivity contribution in [1.82, 2.24) is 25.0 Å². The summed E-state index contributed by atoms with van der Waals surface area (Å²) in [6.45, 7) is 4.26. The van der Waals surface area contributed by atoms with Crippen LogP contribution in [0.5, 0.6) is 5.75 Å². The molecule has 0 aliphatic carbocycles. The predicted molar refractivity (Wildman–Crippen MR) is 124 cm³/mol. The van der Waals surface area contributed by atoms with Crippen molar-refractivity contribution in [3.63, 3.8) is 0 Å². The number of aryl methyl sites for hydroxylation is 1. The monoisotopic (exact) mass is 447 g/mol. The van der Waals surface area contributed by atoms with Gasteiger partial charge in [-0.2, -0.15) is 5.10 Å². The summed E-state index contributed by atoms with van der Waals surface area (Å²) in [5.41, 5.74) is 4.69. The van der Waals surface area contributed by atoms with Gasteiger partial charge in [0.25, 0.3) is 5.91 Å². The zero-order valence-electron chi connectivity index (χ0n) is 19.1. The van der Waals surface area contributed by atoms with E-state index in [0.717, 1.165) is 34.7 Å². The van der Waals surface area contributed by atoms with Crippen molar-refractivity contribution in [3.05, 3.63) is 76.9 Å². The van der Waals surface area contributed by atoms with E-state index in [1.165, 1.54) is 0 Å². The second-order valence-corrected chi connectivity index (χ2v) is 8.06. The first-order valence-corrected chi connectivity index (χ1v) is 11.3. The number of ether oxygens (including phenoxy) is 1. The van der Waals surface area contributed by atoms with Crippen LogP contribution in [0.3, 0.4) is 0 Å². The summed E-state index contributed by atoms with van der Waals surface area (Å²) < 4.78 is 7.38. The summed E-state index contributed by atoms with van der Waals surface area (Å²) in [6.07, 6.45) is 4.93. The van der Waals surface area contributed by atoms with Crippen LogP contribution in [0, 0.1) is 0 Å². The van der Waals surface area contributed by atoms with Gasteiger partial charge in [-0.15, -0.1) is 0 Å². The Morgan fingerprint density at radius 3 is 2.73 bits per heavy atom. The van der Waals surface area contributed by atoms with Gasteiger partial charge >= 0.3 is 0 Å². The Labute approximate surface area is 193 Å². The zero-order chi connectivity index (χ0) is 23.2. The van der Waals surface area contributed by atoms with Crippen LogP contribution in [0.2, 0.25) is 0 Å². The summed E-state index contributed by atoms with van der Waals surface area (Å²) in [5.74, 6) is 0.761. The lowest BCUT2D eigenvalue weighted by Crippen LogP contribution is -2.37. The molecule has 0 unspecified atom stereocenters. The Kier molecular flexibility index (Phi) is 7.02. The Hall–Kier alpha value is -3.68. The number of nitrogens with zero attached hydrogens (tertiary/aromatic N) is 4. The van der Waals surface area contributed by atoms with Crippen LogP contribution in [0.4, 0.5) is 0 Å². The van der Waals surface area contributed by atoms with E-state index in [4.69, 9.17) is 4.74 Å². The number of amides is 2. The van der Waals surface area contributed by atoms with E-state index < -0.39 is 0 Å². The minimum atomic E-state index is -0.153. The molecule has 33 heavy (non-hydrogen) atoms. The number of hydrogen-bond donors (Lipinski definition) is 1. The average Bonchev–Trinajstić information content (AvgIpc) is 3.15. The first kappa shape index (κ1) is 22.5. The molecule has 0 fully saturated rings. The van der Waals surface area contributed by atoms with Crippen molar-refractivity contribution in [1.29, 1.82) is 0 Å². The second-order valence-electron chi connectivity index (χ2n) is 8.06. The number of fused-ring (bicyclic) bond motifs is 1. The first-order chi connectivity index (χ1) is 16.0. The minimum absolute atomic E-state index is 0.101. The molecule has 1 aliphatic rings. The lowest BCUT2D eigenvalue weighted by molar-refractivity contribution is -0.131. The van der Waals surface area contributed by atoms with Crippen molar-refractivity contribution >= 4 is 11.8 Å². The Morgan fingerprint density at radius 2 is 2.00 bits per heavy atom. The molecular formula is C25H29N5O3. The van der Waals surface area contributed by atoms with Gasteiger partial charge in [-0.1, -0.05) is 12.1 Å². The molecule has 2 amide bonds. The highest BCUT2D eigenvalue weighted by Gasteiger charge is 2.26. The van der Waals surface area contributed by atoms with Crippen LogP contribution < -0.4 is 10.1 Å². The normalized spacial score (nSPS) is 12.8. The lowest BCUT2D eigenvalue weighted by atomic mass is 10.0. The van der Waals surface area contributed by atoms with Crippen molar-refractivity contribution in [2.24, 2.45) is 7.05 Å². The molecule has 4 rings (SSSR count). The van der Waals surface area contributed by atoms with Crippen molar-refractivity contribution in [2.75, 3.05) is 19.7 Å². The fourth-order valence-corrected chi connectivity index (χ4v) is 4.13. The maximum Gasteiger partial charge on any atom is 0.252 e. The second kappa shape index (κ2) is 10.3. The largest absolute Gasteiger partial charge is 0.494 e. The highest BCUT2D eigenvalue weighted by Crippen LogP contribution is 2.23. The van der Waals surface area contributed by atoms with Gasteiger partial charge in [-0.05, 0) is 36.8 Å². The van der Waals surface area contributed by atoms with E-state index in [2.05, 4.69) is 15.4 Å². The number of carbonyl (C=O) groups is 2. The van der Waals surface area contributed by atoms with E-state index in [-0.39, 0.29) is 11.8 Å². The molecule has 1 aliphatic heterocycles. The number of aromatic nitrogens is 3. The third-order valence-corrected chi connectivity index (χ3v) is 5.84. The van der Waals surface area contributed by atoms with E-state index in [9.17, 15) is 9.59 Å². The lowest BCUT2D eigenvalue weighted by Gasteiger charge is -2.28. The third-order valence-electron chi connectivity index (χ3n) is 5.84. The van der Waals surface area contributed by atoms with Crippen molar-refractivity contribution < 1.29 is 14.3 Å². The van der Waals surface area contributed by atoms with Gasteiger partial charge in [0.2, 0.25) is 5.91 Å². The van der Waals surface area contributed by atoms with Gasteiger partial charge in [0.1, 0.15) is 5.75 Å².